The van der Waals surface area contributed by atoms with Crippen LogP contribution in [0, 0.1) is 55.4 Å². The molecule has 0 atom stereocenters. The summed E-state index contributed by atoms with van der Waals surface area (Å²) in [6.45, 7) is 35.5. The van der Waals surface area contributed by atoms with E-state index in [1.54, 1.807) is 103 Å². The number of halogens is 2. The summed E-state index contributed by atoms with van der Waals surface area (Å²) >= 11 is 3.90. The fourth-order valence-electron chi connectivity index (χ4n) is 14.8. The van der Waals surface area contributed by atoms with Gasteiger partial charge >= 0.3 is 208 Å². The van der Waals surface area contributed by atoms with E-state index >= 15 is 0 Å². The van der Waals surface area contributed by atoms with Crippen molar-refractivity contribution in [2.45, 2.75) is 285 Å². The van der Waals surface area contributed by atoms with Gasteiger partial charge in [0.25, 0.3) is 0 Å². The Hall–Kier alpha value is -1.90. The average molecular weight is 1380 g/mol. The van der Waals surface area contributed by atoms with E-state index in [1.807, 2.05) is 46.7 Å². The Balaban J connectivity index is 0.000000187. The van der Waals surface area contributed by atoms with Crippen LogP contribution in [0.15, 0.2) is 97.1 Å². The van der Waals surface area contributed by atoms with Crippen LogP contribution in [0.25, 0.3) is 43.1 Å². The zero-order valence-electron chi connectivity index (χ0n) is 56.8. The van der Waals surface area contributed by atoms with Gasteiger partial charge < -0.3 is 24.8 Å². The van der Waals surface area contributed by atoms with E-state index in [9.17, 15) is 0 Å². The van der Waals surface area contributed by atoms with E-state index in [0.29, 0.717) is 23.7 Å². The molecule has 4 saturated carbocycles. The van der Waals surface area contributed by atoms with Crippen LogP contribution in [0.2, 0.25) is 22.2 Å². The molecule has 8 aromatic carbocycles. The number of benzene rings is 4. The van der Waals surface area contributed by atoms with E-state index in [1.165, 1.54) is 158 Å². The molecule has 8 aromatic rings. The van der Waals surface area contributed by atoms with Crippen LogP contribution in [0.1, 0.15) is 274 Å². The Bertz CT molecular complexity index is 2920. The topological polar surface area (TPSA) is 0 Å². The maximum absolute atomic E-state index is 2.30. The van der Waals surface area contributed by atoms with E-state index in [-0.39, 0.29) is 35.7 Å². The SMILES string of the molecule is Cc1cc2c(C(C)C)ccc(C)c2[cH-]1.Cc1cc2c(C(C)C)ccc(C)c2[cH-]1.Cc1cc2c(C(C)C)ccc(C)c2[cH-]1.Cc1cc2c(C(C)C)ccc(C)c2[cH-]1.[Cl-].[Cl-].[Zr+2]=[Si](C1CCCCC1)C1CCCCC1.[Zr+2]=[Si](C1CCCCC1)C1CCCCC1. The molecule has 0 amide bonds. The predicted octanol–water partition coefficient (Wildman–Crippen LogP) is 19.6. The van der Waals surface area contributed by atoms with E-state index in [4.69, 9.17) is 0 Å². The minimum atomic E-state index is 0. The standard InChI is InChI=1S/4C14H17.2C12H22Si.2ClH.2Zr/c4*1-9(2)12-6-5-11(4)13-7-10(3)8-14(12)13;2*1-3-7-11(8-4-1)13-12-9-5-2-6-10-12;;;;/h4*5-9H,1-4H3;2*11-12H,1-10H2;2*1H;;/q4*-1;;;;;2*+2/p-2. The van der Waals surface area contributed by atoms with Crippen molar-refractivity contribution in [2.75, 3.05) is 0 Å². The van der Waals surface area contributed by atoms with Crippen LogP contribution in [-0.2, 0) is 46.7 Å². The molecule has 0 N–H and O–H groups in total. The Morgan fingerprint density at radius 1 is 0.302 bits per heavy atom. The van der Waals surface area contributed by atoms with Crippen LogP contribution in [0.3, 0.4) is 0 Å². The van der Waals surface area contributed by atoms with Gasteiger partial charge in [0.1, 0.15) is 0 Å². The Kier molecular flexibility index (Phi) is 31.6. The Morgan fingerprint density at radius 3 is 0.640 bits per heavy atom. The Labute approximate surface area is 568 Å². The van der Waals surface area contributed by atoms with E-state index in [0.717, 1.165) is 0 Å². The molecule has 0 unspecified atom stereocenters. The minimum absolute atomic E-state index is 0. The van der Waals surface area contributed by atoms with Gasteiger partial charge in [-0.15, -0.1) is 136 Å². The summed E-state index contributed by atoms with van der Waals surface area (Å²) in [5, 5.41) is 11.5. The number of fused-ring (bicyclic) bond motifs is 4. The van der Waals surface area contributed by atoms with E-state index in [2.05, 4.69) is 208 Å². The molecular weight excluding hydrogens is 1270 g/mol. The van der Waals surface area contributed by atoms with Crippen molar-refractivity contribution in [3.05, 3.63) is 164 Å². The van der Waals surface area contributed by atoms with Crippen LogP contribution < -0.4 is 24.8 Å². The molecule has 12 rings (SSSR count). The third-order valence-electron chi connectivity index (χ3n) is 19.8. The van der Waals surface area contributed by atoms with Crippen molar-refractivity contribution in [3.8, 4) is 0 Å². The van der Waals surface area contributed by atoms with Crippen molar-refractivity contribution in [1.82, 2.24) is 0 Å². The van der Waals surface area contributed by atoms with Gasteiger partial charge in [-0.3, -0.25) is 0 Å². The molecule has 0 aliphatic heterocycles. The molecule has 4 aliphatic rings. The van der Waals surface area contributed by atoms with Gasteiger partial charge in [-0.25, -0.2) is 0 Å². The Morgan fingerprint density at radius 2 is 0.477 bits per heavy atom. The third kappa shape index (κ3) is 20.6. The normalized spacial score (nSPS) is 16.1. The molecule has 0 radical (unpaired) electrons. The molecule has 86 heavy (non-hydrogen) atoms. The summed E-state index contributed by atoms with van der Waals surface area (Å²) in [5.41, 5.74) is 22.0. The zero-order chi connectivity index (χ0) is 60.8. The zero-order valence-corrected chi connectivity index (χ0v) is 65.2. The first-order valence-electron chi connectivity index (χ1n) is 34.0. The second-order valence-corrected chi connectivity index (χ2v) is 41.8. The first-order valence-corrected chi connectivity index (χ1v) is 44.6. The van der Waals surface area contributed by atoms with Crippen molar-refractivity contribution >= 4 is 54.0 Å². The molecular formula is C80H112Cl2Si2Zr2-2. The summed E-state index contributed by atoms with van der Waals surface area (Å²) in [4.78, 5) is 0. The molecule has 0 nitrogen and oxygen atoms in total. The molecule has 4 fully saturated rings. The number of aryl methyl sites for hydroxylation is 8. The van der Waals surface area contributed by atoms with Gasteiger partial charge in [-0.2, -0.15) is 24.3 Å². The van der Waals surface area contributed by atoms with Crippen molar-refractivity contribution < 1.29 is 71.5 Å². The molecule has 0 heterocycles. The van der Waals surface area contributed by atoms with Crippen LogP contribution in [0.4, 0.5) is 0 Å². The first-order chi connectivity index (χ1) is 40.1. The van der Waals surface area contributed by atoms with Gasteiger partial charge in [-0.05, 0) is 23.7 Å². The van der Waals surface area contributed by atoms with Crippen molar-refractivity contribution in [1.29, 1.82) is 0 Å². The average Bonchev–Trinajstić information content (AvgIpc) is 2.81. The number of hydrogen-bond donors (Lipinski definition) is 0. The molecule has 0 saturated heterocycles. The van der Waals surface area contributed by atoms with Gasteiger partial charge in [0.05, 0.1) is 0 Å². The monoisotopic (exact) mass is 1380 g/mol. The van der Waals surface area contributed by atoms with Gasteiger partial charge in [0.2, 0.25) is 0 Å². The molecule has 6 heteroatoms. The molecule has 464 valence electrons. The quantitative estimate of drug-likeness (QED) is 0.105. The molecule has 0 spiro atoms. The van der Waals surface area contributed by atoms with Crippen LogP contribution >= 0.6 is 0 Å². The summed E-state index contributed by atoms with van der Waals surface area (Å²) in [5.74, 6) is 2.44. The molecule has 0 aromatic heterocycles. The summed E-state index contributed by atoms with van der Waals surface area (Å²) < 4.78 is 0. The van der Waals surface area contributed by atoms with Gasteiger partial charge in [0.15, 0.2) is 0 Å². The third-order valence-corrected chi connectivity index (χ3v) is 37.7. The molecule has 0 bridgehead atoms. The van der Waals surface area contributed by atoms with Gasteiger partial charge in [0, 0.05) is 0 Å². The van der Waals surface area contributed by atoms with Crippen LogP contribution in [0.5, 0.6) is 0 Å². The number of hydrogen-bond acceptors (Lipinski definition) is 0. The second-order valence-electron chi connectivity index (χ2n) is 28.2. The second kappa shape index (κ2) is 36.4. The van der Waals surface area contributed by atoms with Crippen molar-refractivity contribution in [2.24, 2.45) is 0 Å². The fourth-order valence-corrected chi connectivity index (χ4v) is 28.8. The number of rotatable bonds is 8. The van der Waals surface area contributed by atoms with Crippen molar-refractivity contribution in [3.63, 3.8) is 0 Å². The van der Waals surface area contributed by atoms with Crippen LogP contribution in [-0.4, -0.2) is 10.9 Å². The fraction of sp³-hybridized carbons (Fsp3) is 0.550. The summed E-state index contributed by atoms with van der Waals surface area (Å²) in [6, 6.07) is 36.4. The summed E-state index contributed by atoms with van der Waals surface area (Å²) in [7, 11) is 0. The molecule has 4 aliphatic carbocycles. The van der Waals surface area contributed by atoms with Gasteiger partial charge in [-0.1, -0.05) is 157 Å². The predicted molar refractivity (Wildman–Crippen MR) is 371 cm³/mol. The summed E-state index contributed by atoms with van der Waals surface area (Å²) in [6.07, 6.45) is 31.4. The van der Waals surface area contributed by atoms with E-state index < -0.39 is 0 Å². The maximum atomic E-state index is 2.30. The first kappa shape index (κ1) is 74.8.